The molecule has 1 aliphatic heterocycles. The van der Waals surface area contributed by atoms with Crippen LogP contribution in [0.2, 0.25) is 0 Å². The van der Waals surface area contributed by atoms with Crippen molar-refractivity contribution in [3.05, 3.63) is 48.3 Å². The minimum atomic E-state index is -0.260. The lowest BCUT2D eigenvalue weighted by Crippen LogP contribution is -2.29. The molecule has 0 saturated carbocycles. The molecule has 5 nitrogen and oxygen atoms in total. The average Bonchev–Trinajstić information content (AvgIpc) is 2.93. The van der Waals surface area contributed by atoms with Gasteiger partial charge < -0.3 is 19.9 Å². The Kier molecular flexibility index (Phi) is 3.43. The molecule has 2 N–H and O–H groups in total. The Balaban J connectivity index is 1.84. The minimum Gasteiger partial charge on any atom is -0.484 e. The van der Waals surface area contributed by atoms with Gasteiger partial charge in [0.15, 0.2) is 11.5 Å². The van der Waals surface area contributed by atoms with Gasteiger partial charge in [-0.1, -0.05) is 6.07 Å². The molecule has 0 spiro atoms. The fraction of sp³-hybridized carbons (Fsp3) is 0.267. The molecule has 1 aliphatic rings. The summed E-state index contributed by atoms with van der Waals surface area (Å²) in [5.74, 6) is 2.12. The van der Waals surface area contributed by atoms with Crippen LogP contribution in [0.1, 0.15) is 18.6 Å². The number of fused-ring (bicyclic) bond motifs is 1. The quantitative estimate of drug-likeness (QED) is 0.924. The van der Waals surface area contributed by atoms with Gasteiger partial charge in [0.1, 0.15) is 11.9 Å². The largest absolute Gasteiger partial charge is 0.484 e. The number of nitrogens with zero attached hydrogens (tertiary/aromatic N) is 1. The zero-order chi connectivity index (χ0) is 13.9. The van der Waals surface area contributed by atoms with Crippen molar-refractivity contribution in [2.75, 3.05) is 6.79 Å². The van der Waals surface area contributed by atoms with E-state index in [0.717, 1.165) is 11.3 Å². The van der Waals surface area contributed by atoms with E-state index in [0.29, 0.717) is 11.5 Å². The maximum atomic E-state index is 6.02. The summed E-state index contributed by atoms with van der Waals surface area (Å²) in [6.45, 7) is 2.16. The average molecular weight is 272 g/mol. The Morgan fingerprint density at radius 1 is 1.25 bits per heavy atom. The lowest BCUT2D eigenvalue weighted by molar-refractivity contribution is 0.171. The van der Waals surface area contributed by atoms with E-state index in [-0.39, 0.29) is 18.9 Å². The number of pyridine rings is 1. The summed E-state index contributed by atoms with van der Waals surface area (Å²) in [6.07, 6.45) is 3.23. The van der Waals surface area contributed by atoms with Crippen LogP contribution >= 0.6 is 0 Å². The molecule has 3 rings (SSSR count). The van der Waals surface area contributed by atoms with Gasteiger partial charge in [0, 0.05) is 30.1 Å². The summed E-state index contributed by atoms with van der Waals surface area (Å²) >= 11 is 0. The number of hydrogen-bond donors (Lipinski definition) is 1. The highest BCUT2D eigenvalue weighted by molar-refractivity contribution is 5.47. The van der Waals surface area contributed by atoms with Crippen molar-refractivity contribution in [3.8, 4) is 17.2 Å². The van der Waals surface area contributed by atoms with E-state index in [9.17, 15) is 0 Å². The maximum Gasteiger partial charge on any atom is 0.231 e. The first-order valence-corrected chi connectivity index (χ1v) is 6.46. The van der Waals surface area contributed by atoms with E-state index in [1.54, 1.807) is 12.4 Å². The van der Waals surface area contributed by atoms with E-state index >= 15 is 0 Å². The minimum absolute atomic E-state index is 0.162. The highest BCUT2D eigenvalue weighted by Crippen LogP contribution is 2.36. The lowest BCUT2D eigenvalue weighted by Gasteiger charge is -2.22. The molecule has 2 atom stereocenters. The predicted molar refractivity (Wildman–Crippen MR) is 73.8 cm³/mol. The lowest BCUT2D eigenvalue weighted by atomic mass is 10.1. The van der Waals surface area contributed by atoms with Gasteiger partial charge in [-0.15, -0.1) is 0 Å². The van der Waals surface area contributed by atoms with Gasteiger partial charge in [-0.2, -0.15) is 0 Å². The third-order valence-electron chi connectivity index (χ3n) is 3.10. The van der Waals surface area contributed by atoms with Gasteiger partial charge in [0.25, 0.3) is 0 Å². The van der Waals surface area contributed by atoms with Crippen LogP contribution in [0.3, 0.4) is 0 Å². The molecule has 2 heterocycles. The molecule has 0 bridgehead atoms. The molecule has 0 aliphatic carbocycles. The number of ether oxygens (including phenoxy) is 3. The van der Waals surface area contributed by atoms with Gasteiger partial charge in [-0.25, -0.2) is 0 Å². The highest BCUT2D eigenvalue weighted by Gasteiger charge is 2.20. The van der Waals surface area contributed by atoms with E-state index in [4.69, 9.17) is 19.9 Å². The summed E-state index contributed by atoms with van der Waals surface area (Å²) in [5, 5.41) is 0. The molecular weight excluding hydrogens is 256 g/mol. The van der Waals surface area contributed by atoms with Crippen molar-refractivity contribution in [1.29, 1.82) is 0 Å². The maximum absolute atomic E-state index is 6.02. The molecule has 1 aromatic heterocycles. The topological polar surface area (TPSA) is 66.6 Å². The van der Waals surface area contributed by atoms with E-state index in [2.05, 4.69) is 4.98 Å². The number of nitrogens with two attached hydrogens (primary N) is 1. The molecule has 5 heteroatoms. The Morgan fingerprint density at radius 3 is 2.85 bits per heavy atom. The second-order valence-electron chi connectivity index (χ2n) is 4.70. The Labute approximate surface area is 117 Å². The van der Waals surface area contributed by atoms with Crippen molar-refractivity contribution in [2.24, 2.45) is 5.73 Å². The highest BCUT2D eigenvalue weighted by atomic mass is 16.7. The van der Waals surface area contributed by atoms with Crippen LogP contribution in [0.4, 0.5) is 0 Å². The normalized spacial score (nSPS) is 15.7. The monoisotopic (exact) mass is 272 g/mol. The van der Waals surface area contributed by atoms with Crippen molar-refractivity contribution in [2.45, 2.75) is 19.1 Å². The Morgan fingerprint density at radius 2 is 2.10 bits per heavy atom. The molecule has 0 amide bonds. The first-order chi connectivity index (χ1) is 9.74. The van der Waals surface area contributed by atoms with E-state index in [1.807, 2.05) is 37.3 Å². The first kappa shape index (κ1) is 12.7. The summed E-state index contributed by atoms with van der Waals surface area (Å²) in [5.41, 5.74) is 6.97. The molecule has 0 saturated heterocycles. The van der Waals surface area contributed by atoms with E-state index < -0.39 is 0 Å². The second-order valence-corrected chi connectivity index (χ2v) is 4.70. The third kappa shape index (κ3) is 2.53. The predicted octanol–water partition coefficient (Wildman–Crippen LogP) is 2.28. The standard InChI is InChI=1S/C15H16N2O3/c1-10(16)15(11-3-2-6-17-8-11)20-12-4-5-13-14(7-12)19-9-18-13/h2-8,10,15H,9,16H2,1H3. The third-order valence-corrected chi connectivity index (χ3v) is 3.10. The molecule has 1 aromatic carbocycles. The molecule has 0 radical (unpaired) electrons. The number of hydrogen-bond acceptors (Lipinski definition) is 5. The van der Waals surface area contributed by atoms with Crippen molar-refractivity contribution < 1.29 is 14.2 Å². The summed E-state index contributed by atoms with van der Waals surface area (Å²) in [4.78, 5) is 4.11. The summed E-state index contributed by atoms with van der Waals surface area (Å²) in [6, 6.07) is 9.15. The van der Waals surface area contributed by atoms with Crippen LogP contribution in [0.5, 0.6) is 17.2 Å². The molecular formula is C15H16N2O3. The van der Waals surface area contributed by atoms with Crippen LogP contribution in [-0.4, -0.2) is 17.8 Å². The van der Waals surface area contributed by atoms with Gasteiger partial charge >= 0.3 is 0 Å². The zero-order valence-electron chi connectivity index (χ0n) is 11.2. The molecule has 2 aromatic rings. The van der Waals surface area contributed by atoms with Gasteiger partial charge in [-0.05, 0) is 25.1 Å². The van der Waals surface area contributed by atoms with Gasteiger partial charge in [0.2, 0.25) is 6.79 Å². The van der Waals surface area contributed by atoms with Crippen LogP contribution in [-0.2, 0) is 0 Å². The summed E-state index contributed by atoms with van der Waals surface area (Å²) < 4.78 is 16.6. The molecule has 20 heavy (non-hydrogen) atoms. The summed E-state index contributed by atoms with van der Waals surface area (Å²) in [7, 11) is 0. The Hall–Kier alpha value is -2.27. The number of benzene rings is 1. The molecule has 0 fully saturated rings. The van der Waals surface area contributed by atoms with Crippen LogP contribution < -0.4 is 19.9 Å². The fourth-order valence-corrected chi connectivity index (χ4v) is 2.12. The van der Waals surface area contributed by atoms with Crippen molar-refractivity contribution in [3.63, 3.8) is 0 Å². The zero-order valence-corrected chi connectivity index (χ0v) is 11.2. The van der Waals surface area contributed by atoms with Gasteiger partial charge in [0.05, 0.1) is 0 Å². The van der Waals surface area contributed by atoms with Crippen molar-refractivity contribution in [1.82, 2.24) is 4.98 Å². The number of aromatic nitrogens is 1. The number of rotatable bonds is 4. The Bertz CT molecular complexity index is 587. The van der Waals surface area contributed by atoms with Crippen LogP contribution in [0.15, 0.2) is 42.7 Å². The van der Waals surface area contributed by atoms with Crippen LogP contribution in [0.25, 0.3) is 0 Å². The van der Waals surface area contributed by atoms with Gasteiger partial charge in [-0.3, -0.25) is 4.98 Å². The fourth-order valence-electron chi connectivity index (χ4n) is 2.12. The second kappa shape index (κ2) is 5.38. The molecule has 104 valence electrons. The molecule has 2 unspecified atom stereocenters. The SMILES string of the molecule is CC(N)C(Oc1ccc2c(c1)OCO2)c1cccnc1. The smallest absolute Gasteiger partial charge is 0.231 e. The van der Waals surface area contributed by atoms with E-state index in [1.165, 1.54) is 0 Å². The van der Waals surface area contributed by atoms with Crippen LogP contribution in [0, 0.1) is 0 Å². The van der Waals surface area contributed by atoms with Crippen molar-refractivity contribution >= 4 is 0 Å². The first-order valence-electron chi connectivity index (χ1n) is 6.46.